The first-order valence-electron chi connectivity index (χ1n) is 8.95. The Labute approximate surface area is 147 Å². The quantitative estimate of drug-likeness (QED) is 0.264. The lowest BCUT2D eigenvalue weighted by molar-refractivity contribution is -0.346. The van der Waals surface area contributed by atoms with Gasteiger partial charge >= 0.3 is 0 Å². The molecular formula is C19H37FO4. The minimum absolute atomic E-state index is 0.0843. The maximum Gasteiger partial charge on any atom is 0.144 e. The van der Waals surface area contributed by atoms with E-state index in [0.717, 1.165) is 24.8 Å². The molecule has 0 fully saturated rings. The van der Waals surface area contributed by atoms with Crippen LogP contribution in [-0.4, -0.2) is 24.5 Å². The third-order valence-electron chi connectivity index (χ3n) is 3.15. The van der Waals surface area contributed by atoms with E-state index in [9.17, 15) is 4.39 Å². The fourth-order valence-corrected chi connectivity index (χ4v) is 1.85. The Bertz CT molecular complexity index is 363. The first-order chi connectivity index (χ1) is 11.0. The summed E-state index contributed by atoms with van der Waals surface area (Å²) in [5.41, 5.74) is 0.131. The van der Waals surface area contributed by atoms with Gasteiger partial charge in [0.1, 0.15) is 18.0 Å². The molecule has 1 atom stereocenters. The van der Waals surface area contributed by atoms with Crippen molar-refractivity contribution in [3.05, 3.63) is 11.3 Å². The Balaban J connectivity index is 5.19. The lowest BCUT2D eigenvalue weighted by Crippen LogP contribution is -2.22. The molecule has 0 bridgehead atoms. The molecule has 0 aliphatic carbocycles. The lowest BCUT2D eigenvalue weighted by atomic mass is 9.99. The van der Waals surface area contributed by atoms with Crippen LogP contribution in [0.15, 0.2) is 11.3 Å². The van der Waals surface area contributed by atoms with Crippen LogP contribution in [0, 0.1) is 5.92 Å². The van der Waals surface area contributed by atoms with E-state index in [1.54, 1.807) is 0 Å². The largest absolute Gasteiger partial charge is 0.342 e. The molecule has 144 valence electrons. The van der Waals surface area contributed by atoms with Gasteiger partial charge in [0.25, 0.3) is 0 Å². The smallest absolute Gasteiger partial charge is 0.144 e. The average molecular weight is 348 g/mol. The van der Waals surface area contributed by atoms with Crippen LogP contribution in [0.1, 0.15) is 81.1 Å². The molecule has 0 aliphatic heterocycles. The molecule has 24 heavy (non-hydrogen) atoms. The summed E-state index contributed by atoms with van der Waals surface area (Å²) in [6.45, 7) is 15.5. The Morgan fingerprint density at radius 1 is 0.958 bits per heavy atom. The van der Waals surface area contributed by atoms with Crippen LogP contribution in [-0.2, 0) is 19.6 Å². The minimum atomic E-state index is -0.442. The molecule has 0 aliphatic rings. The van der Waals surface area contributed by atoms with Crippen LogP contribution in [0.2, 0.25) is 0 Å². The second-order valence-electron chi connectivity index (χ2n) is 8.15. The van der Waals surface area contributed by atoms with Crippen LogP contribution >= 0.6 is 0 Å². The van der Waals surface area contributed by atoms with Crippen molar-refractivity contribution in [2.75, 3.05) is 13.3 Å². The van der Waals surface area contributed by atoms with E-state index >= 15 is 0 Å². The van der Waals surface area contributed by atoms with Gasteiger partial charge < -0.3 is 4.89 Å². The van der Waals surface area contributed by atoms with Crippen LogP contribution in [0.5, 0.6) is 0 Å². The van der Waals surface area contributed by atoms with Gasteiger partial charge in [-0.25, -0.2) is 9.78 Å². The second kappa shape index (κ2) is 11.1. The summed E-state index contributed by atoms with van der Waals surface area (Å²) in [4.78, 5) is 21.8. The molecular weight excluding hydrogens is 311 g/mol. The van der Waals surface area contributed by atoms with Crippen molar-refractivity contribution in [2.45, 2.75) is 92.3 Å². The van der Waals surface area contributed by atoms with Gasteiger partial charge in [0.15, 0.2) is 0 Å². The standard InChI is InChI=1S/C19H37FO4/c1-9-11-16(14-21-23-18(3,4)5)17(12-15(10-2)13-20)22-24-19(6,7)8/h15H,9-14H2,1-8H3. The van der Waals surface area contributed by atoms with Gasteiger partial charge in [0.2, 0.25) is 0 Å². The van der Waals surface area contributed by atoms with Crippen molar-refractivity contribution in [2.24, 2.45) is 5.92 Å². The van der Waals surface area contributed by atoms with Gasteiger partial charge in [-0.3, -0.25) is 4.39 Å². The second-order valence-corrected chi connectivity index (χ2v) is 8.15. The normalized spacial score (nSPS) is 15.2. The molecule has 0 heterocycles. The van der Waals surface area contributed by atoms with Crippen molar-refractivity contribution in [1.29, 1.82) is 0 Å². The van der Waals surface area contributed by atoms with Gasteiger partial charge in [0.05, 0.1) is 12.3 Å². The molecule has 0 saturated carbocycles. The third-order valence-corrected chi connectivity index (χ3v) is 3.15. The van der Waals surface area contributed by atoms with Gasteiger partial charge in [-0.2, -0.15) is 4.89 Å². The lowest BCUT2D eigenvalue weighted by Gasteiger charge is -2.24. The van der Waals surface area contributed by atoms with Crippen LogP contribution in [0.25, 0.3) is 0 Å². The van der Waals surface area contributed by atoms with Gasteiger partial charge in [-0.05, 0) is 53.9 Å². The molecule has 0 aromatic heterocycles. The fraction of sp³-hybridized carbons (Fsp3) is 0.895. The van der Waals surface area contributed by atoms with E-state index in [2.05, 4.69) is 6.92 Å². The Kier molecular flexibility index (Phi) is 10.8. The van der Waals surface area contributed by atoms with Crippen LogP contribution in [0.3, 0.4) is 0 Å². The molecule has 0 N–H and O–H groups in total. The summed E-state index contributed by atoms with van der Waals surface area (Å²) in [6, 6.07) is 0. The number of allylic oxidation sites excluding steroid dienone is 1. The molecule has 0 aromatic carbocycles. The third kappa shape index (κ3) is 11.8. The average Bonchev–Trinajstić information content (AvgIpc) is 2.45. The van der Waals surface area contributed by atoms with Gasteiger partial charge in [-0.1, -0.05) is 26.7 Å². The fourth-order valence-electron chi connectivity index (χ4n) is 1.85. The number of rotatable bonds is 11. The van der Waals surface area contributed by atoms with Gasteiger partial charge in [0, 0.05) is 12.0 Å². The zero-order chi connectivity index (χ0) is 18.8. The SMILES string of the molecule is CCCC(COOC(C)(C)C)=C(CC(CC)CF)OOC(C)(C)C. The summed E-state index contributed by atoms with van der Waals surface area (Å²) < 4.78 is 13.2. The van der Waals surface area contributed by atoms with E-state index in [4.69, 9.17) is 19.6 Å². The van der Waals surface area contributed by atoms with Crippen LogP contribution in [0.4, 0.5) is 4.39 Å². The highest BCUT2D eigenvalue weighted by Gasteiger charge is 2.20. The highest BCUT2D eigenvalue weighted by molar-refractivity contribution is 5.09. The maximum atomic E-state index is 13.2. The zero-order valence-electron chi connectivity index (χ0n) is 16.8. The molecule has 0 amide bonds. The molecule has 0 radical (unpaired) electrons. The molecule has 4 nitrogen and oxygen atoms in total. The summed E-state index contributed by atoms with van der Waals surface area (Å²) in [6.07, 6.45) is 2.97. The first-order valence-corrected chi connectivity index (χ1v) is 8.95. The first kappa shape index (κ1) is 23.4. The Hall–Kier alpha value is -0.650. The van der Waals surface area contributed by atoms with E-state index in [1.165, 1.54) is 0 Å². The number of hydrogen-bond acceptors (Lipinski definition) is 4. The zero-order valence-corrected chi connectivity index (χ0v) is 16.8. The summed E-state index contributed by atoms with van der Waals surface area (Å²) in [7, 11) is 0. The van der Waals surface area contributed by atoms with E-state index < -0.39 is 5.60 Å². The number of halogens is 1. The van der Waals surface area contributed by atoms with E-state index in [0.29, 0.717) is 12.2 Å². The number of alkyl halides is 1. The predicted octanol–water partition coefficient (Wildman–Crippen LogP) is 5.92. The monoisotopic (exact) mass is 348 g/mol. The minimum Gasteiger partial charge on any atom is -0.342 e. The summed E-state index contributed by atoms with van der Waals surface area (Å²) in [5, 5.41) is 0. The predicted molar refractivity (Wildman–Crippen MR) is 95.0 cm³/mol. The molecule has 0 spiro atoms. The van der Waals surface area contributed by atoms with E-state index in [1.807, 2.05) is 48.5 Å². The summed E-state index contributed by atoms with van der Waals surface area (Å²) >= 11 is 0. The molecule has 5 heteroatoms. The van der Waals surface area contributed by atoms with Crippen molar-refractivity contribution < 1.29 is 23.9 Å². The molecule has 0 rings (SSSR count). The van der Waals surface area contributed by atoms with Crippen molar-refractivity contribution in [3.63, 3.8) is 0 Å². The van der Waals surface area contributed by atoms with Crippen molar-refractivity contribution in [1.82, 2.24) is 0 Å². The molecule has 0 saturated heterocycles. The highest BCUT2D eigenvalue weighted by atomic mass is 19.1. The Morgan fingerprint density at radius 3 is 1.96 bits per heavy atom. The molecule has 1 unspecified atom stereocenters. The van der Waals surface area contributed by atoms with Crippen molar-refractivity contribution >= 4 is 0 Å². The summed E-state index contributed by atoms with van der Waals surface area (Å²) in [5.74, 6) is 0.577. The highest BCUT2D eigenvalue weighted by Crippen LogP contribution is 2.25. The number of hydrogen-bond donors (Lipinski definition) is 0. The van der Waals surface area contributed by atoms with Crippen LogP contribution < -0.4 is 0 Å². The topological polar surface area (TPSA) is 36.9 Å². The Morgan fingerprint density at radius 2 is 1.54 bits per heavy atom. The molecule has 0 aromatic rings. The van der Waals surface area contributed by atoms with Crippen molar-refractivity contribution in [3.8, 4) is 0 Å². The maximum absolute atomic E-state index is 13.2. The van der Waals surface area contributed by atoms with E-state index in [-0.39, 0.29) is 24.8 Å². The van der Waals surface area contributed by atoms with Gasteiger partial charge in [-0.15, -0.1) is 0 Å².